The fraction of sp³-hybridized carbons (Fsp3) is 0.667. The molecule has 0 saturated carbocycles. The molecule has 0 radical (unpaired) electrons. The lowest BCUT2D eigenvalue weighted by molar-refractivity contribution is 0.170. The van der Waals surface area contributed by atoms with Gasteiger partial charge in [-0.2, -0.15) is 0 Å². The van der Waals surface area contributed by atoms with Gasteiger partial charge in [0.25, 0.3) is 0 Å². The third kappa shape index (κ3) is 4.50. The SMILES string of the molecule is COc1ccc(CN2CCC(N3CCNCC3)C2)c(OC)c1OC.Cl. The van der Waals surface area contributed by atoms with Crippen LogP contribution in [0.25, 0.3) is 0 Å². The molecule has 0 aliphatic carbocycles. The van der Waals surface area contributed by atoms with Crippen LogP contribution in [0.1, 0.15) is 12.0 Å². The number of halogens is 1. The van der Waals surface area contributed by atoms with E-state index in [1.54, 1.807) is 21.3 Å². The van der Waals surface area contributed by atoms with Crippen molar-refractivity contribution in [2.75, 3.05) is 60.6 Å². The first-order valence-electron chi connectivity index (χ1n) is 8.71. The van der Waals surface area contributed by atoms with Crippen LogP contribution in [0, 0.1) is 0 Å². The highest BCUT2D eigenvalue weighted by Crippen LogP contribution is 2.40. The molecule has 2 fully saturated rings. The maximum Gasteiger partial charge on any atom is 0.203 e. The first-order chi connectivity index (χ1) is 11.8. The minimum absolute atomic E-state index is 0. The number of hydrogen-bond donors (Lipinski definition) is 1. The molecule has 1 aromatic carbocycles. The van der Waals surface area contributed by atoms with Crippen molar-refractivity contribution in [1.29, 1.82) is 0 Å². The van der Waals surface area contributed by atoms with Crippen molar-refractivity contribution in [2.24, 2.45) is 0 Å². The smallest absolute Gasteiger partial charge is 0.203 e. The van der Waals surface area contributed by atoms with Gasteiger partial charge >= 0.3 is 0 Å². The number of piperazine rings is 1. The largest absolute Gasteiger partial charge is 0.493 e. The van der Waals surface area contributed by atoms with Gasteiger partial charge in [0.15, 0.2) is 11.5 Å². The third-order valence-corrected chi connectivity index (χ3v) is 5.10. The molecule has 2 aliphatic heterocycles. The van der Waals surface area contributed by atoms with E-state index in [0.717, 1.165) is 57.1 Å². The molecular formula is C18H30ClN3O3. The van der Waals surface area contributed by atoms with Crippen molar-refractivity contribution in [2.45, 2.75) is 19.0 Å². The Morgan fingerprint density at radius 1 is 1.00 bits per heavy atom. The maximum atomic E-state index is 5.61. The van der Waals surface area contributed by atoms with Crippen LogP contribution >= 0.6 is 12.4 Å². The van der Waals surface area contributed by atoms with Crippen molar-refractivity contribution in [3.8, 4) is 17.2 Å². The summed E-state index contributed by atoms with van der Waals surface area (Å²) in [4.78, 5) is 5.14. The minimum atomic E-state index is 0. The van der Waals surface area contributed by atoms with E-state index in [1.807, 2.05) is 6.07 Å². The number of ether oxygens (including phenoxy) is 3. The van der Waals surface area contributed by atoms with Crippen LogP contribution in [0.5, 0.6) is 17.2 Å². The van der Waals surface area contributed by atoms with Crippen LogP contribution in [0.4, 0.5) is 0 Å². The lowest BCUT2D eigenvalue weighted by Gasteiger charge is -2.32. The number of nitrogens with one attached hydrogen (secondary N) is 1. The van der Waals surface area contributed by atoms with Crippen LogP contribution in [-0.2, 0) is 6.54 Å². The summed E-state index contributed by atoms with van der Waals surface area (Å²) >= 11 is 0. The van der Waals surface area contributed by atoms with E-state index in [1.165, 1.54) is 6.42 Å². The number of nitrogens with zero attached hydrogens (tertiary/aromatic N) is 2. The quantitative estimate of drug-likeness (QED) is 0.819. The van der Waals surface area contributed by atoms with Crippen molar-refractivity contribution < 1.29 is 14.2 Å². The third-order valence-electron chi connectivity index (χ3n) is 5.10. The van der Waals surface area contributed by atoms with Gasteiger partial charge in [-0.1, -0.05) is 6.07 Å². The van der Waals surface area contributed by atoms with Crippen LogP contribution < -0.4 is 19.5 Å². The zero-order chi connectivity index (χ0) is 16.9. The molecule has 0 amide bonds. The highest BCUT2D eigenvalue weighted by atomic mass is 35.5. The standard InChI is InChI=1S/C18H29N3O3.ClH/c1-22-16-5-4-14(17(23-2)18(16)24-3)12-20-9-6-15(13-20)21-10-7-19-8-11-21;/h4-5,15,19H,6-13H2,1-3H3;1H. The molecule has 3 rings (SSSR count). The monoisotopic (exact) mass is 371 g/mol. The summed E-state index contributed by atoms with van der Waals surface area (Å²) in [5, 5.41) is 3.43. The molecule has 7 heteroatoms. The molecular weight excluding hydrogens is 342 g/mol. The van der Waals surface area contributed by atoms with Gasteiger partial charge in [0.05, 0.1) is 21.3 Å². The van der Waals surface area contributed by atoms with E-state index < -0.39 is 0 Å². The van der Waals surface area contributed by atoms with E-state index in [9.17, 15) is 0 Å². The molecule has 25 heavy (non-hydrogen) atoms. The summed E-state index contributed by atoms with van der Waals surface area (Å²) in [6.45, 7) is 7.69. The van der Waals surface area contributed by atoms with Gasteiger partial charge in [-0.15, -0.1) is 12.4 Å². The summed E-state index contributed by atoms with van der Waals surface area (Å²) in [5.41, 5.74) is 1.15. The van der Waals surface area contributed by atoms with E-state index in [4.69, 9.17) is 14.2 Å². The normalized spacial score (nSPS) is 21.6. The van der Waals surface area contributed by atoms with Crippen molar-refractivity contribution in [1.82, 2.24) is 15.1 Å². The van der Waals surface area contributed by atoms with Gasteiger partial charge in [0.1, 0.15) is 0 Å². The second kappa shape index (κ2) is 9.48. The minimum Gasteiger partial charge on any atom is -0.493 e. The molecule has 6 nitrogen and oxygen atoms in total. The lowest BCUT2D eigenvalue weighted by Crippen LogP contribution is -2.49. The molecule has 0 spiro atoms. The van der Waals surface area contributed by atoms with Crippen molar-refractivity contribution in [3.63, 3.8) is 0 Å². The van der Waals surface area contributed by atoms with E-state index >= 15 is 0 Å². The fourth-order valence-corrected chi connectivity index (χ4v) is 3.83. The first-order valence-corrected chi connectivity index (χ1v) is 8.71. The van der Waals surface area contributed by atoms with Crippen molar-refractivity contribution >= 4 is 12.4 Å². The van der Waals surface area contributed by atoms with E-state index in [2.05, 4.69) is 21.2 Å². The first kappa shape index (κ1) is 20.1. The van der Waals surface area contributed by atoms with Gasteiger partial charge < -0.3 is 19.5 Å². The van der Waals surface area contributed by atoms with E-state index in [-0.39, 0.29) is 12.4 Å². The molecule has 2 heterocycles. The molecule has 142 valence electrons. The zero-order valence-electron chi connectivity index (χ0n) is 15.4. The molecule has 1 atom stereocenters. The second-order valence-corrected chi connectivity index (χ2v) is 6.46. The Bertz CT molecular complexity index is 553. The Morgan fingerprint density at radius 3 is 2.36 bits per heavy atom. The summed E-state index contributed by atoms with van der Waals surface area (Å²) in [7, 11) is 4.99. The average Bonchev–Trinajstić information content (AvgIpc) is 3.10. The molecule has 0 aromatic heterocycles. The Hall–Kier alpha value is -1.21. The molecule has 1 unspecified atom stereocenters. The van der Waals surface area contributed by atoms with Crippen molar-refractivity contribution in [3.05, 3.63) is 17.7 Å². The number of hydrogen-bond acceptors (Lipinski definition) is 6. The highest BCUT2D eigenvalue weighted by molar-refractivity contribution is 5.85. The second-order valence-electron chi connectivity index (χ2n) is 6.46. The summed E-state index contributed by atoms with van der Waals surface area (Å²) in [6, 6.07) is 4.72. The zero-order valence-corrected chi connectivity index (χ0v) is 16.2. The summed E-state index contributed by atoms with van der Waals surface area (Å²) in [5.74, 6) is 2.16. The molecule has 2 aliphatic rings. The Balaban J connectivity index is 0.00000225. The van der Waals surface area contributed by atoms with Gasteiger partial charge in [-0.3, -0.25) is 9.80 Å². The lowest BCUT2D eigenvalue weighted by atomic mass is 10.1. The average molecular weight is 372 g/mol. The molecule has 2 saturated heterocycles. The van der Waals surface area contributed by atoms with E-state index in [0.29, 0.717) is 17.5 Å². The van der Waals surface area contributed by atoms with Crippen LogP contribution in [0.3, 0.4) is 0 Å². The fourth-order valence-electron chi connectivity index (χ4n) is 3.83. The van der Waals surface area contributed by atoms with Crippen LogP contribution in [0.15, 0.2) is 12.1 Å². The number of benzene rings is 1. The summed E-state index contributed by atoms with van der Waals surface area (Å²) in [6.07, 6.45) is 1.25. The highest BCUT2D eigenvalue weighted by Gasteiger charge is 2.29. The predicted octanol–water partition coefficient (Wildman–Crippen LogP) is 1.61. The Labute approximate surface area is 156 Å². The van der Waals surface area contributed by atoms with Gasteiger partial charge in [0.2, 0.25) is 5.75 Å². The van der Waals surface area contributed by atoms with Crippen LogP contribution in [0.2, 0.25) is 0 Å². The topological polar surface area (TPSA) is 46.2 Å². The van der Waals surface area contributed by atoms with Gasteiger partial charge in [-0.25, -0.2) is 0 Å². The Kier molecular flexibility index (Phi) is 7.62. The molecule has 1 aromatic rings. The number of likely N-dealkylation sites (tertiary alicyclic amines) is 1. The Morgan fingerprint density at radius 2 is 1.72 bits per heavy atom. The maximum absolute atomic E-state index is 5.61. The van der Waals surface area contributed by atoms with Crippen LogP contribution in [-0.4, -0.2) is 76.4 Å². The predicted molar refractivity (Wildman–Crippen MR) is 101 cm³/mol. The summed E-state index contributed by atoms with van der Waals surface area (Å²) < 4.78 is 16.5. The van der Waals surface area contributed by atoms with Gasteiger partial charge in [-0.05, 0) is 12.5 Å². The molecule has 1 N–H and O–H groups in total. The van der Waals surface area contributed by atoms with Gasteiger partial charge in [0, 0.05) is 57.4 Å². The molecule has 0 bridgehead atoms. The number of rotatable bonds is 6. The number of methoxy groups -OCH3 is 3.